The molecular weight excluding hydrogens is 371 g/mol. The molecule has 8 heteroatoms. The van der Waals surface area contributed by atoms with Crippen LogP contribution in [0.15, 0.2) is 42.5 Å². The van der Waals surface area contributed by atoms with Crippen LogP contribution >= 0.6 is 23.2 Å². The highest BCUT2D eigenvalue weighted by Crippen LogP contribution is 2.29. The summed E-state index contributed by atoms with van der Waals surface area (Å²) >= 11 is 11.9. The normalized spacial score (nSPS) is 11.2. The average Bonchev–Trinajstić information content (AvgIpc) is 2.49. The van der Waals surface area contributed by atoms with Crippen molar-refractivity contribution in [3.8, 4) is 0 Å². The van der Waals surface area contributed by atoms with Crippen LogP contribution in [-0.2, 0) is 14.8 Å². The van der Waals surface area contributed by atoms with E-state index in [0.29, 0.717) is 16.4 Å². The van der Waals surface area contributed by atoms with E-state index in [1.807, 2.05) is 6.92 Å². The van der Waals surface area contributed by atoms with Gasteiger partial charge in [-0.05, 0) is 31.2 Å². The van der Waals surface area contributed by atoms with Crippen molar-refractivity contribution < 1.29 is 13.2 Å². The maximum absolute atomic E-state index is 12.3. The van der Waals surface area contributed by atoms with Crippen molar-refractivity contribution in [3.05, 3.63) is 58.1 Å². The number of hydrogen-bond acceptors (Lipinski definition) is 3. The summed E-state index contributed by atoms with van der Waals surface area (Å²) in [6, 6.07) is 11.7. The van der Waals surface area contributed by atoms with Gasteiger partial charge in [-0.25, -0.2) is 8.42 Å². The average molecular weight is 387 g/mol. The molecule has 2 rings (SSSR count). The standard InChI is InChI=1S/C16H16Cl2N2O3S/c1-11-6-8-12(9-7-11)20(24(2,22)23)10-15(21)19-14-5-3-4-13(17)16(14)18/h3-9H,10H2,1-2H3,(H,19,21). The molecule has 0 atom stereocenters. The number of carbonyl (C=O) groups excluding carboxylic acids is 1. The van der Waals surface area contributed by atoms with Gasteiger partial charge < -0.3 is 5.32 Å². The second-order valence-electron chi connectivity index (χ2n) is 5.25. The Morgan fingerprint density at radius 2 is 1.75 bits per heavy atom. The largest absolute Gasteiger partial charge is 0.323 e. The molecule has 0 saturated carbocycles. The summed E-state index contributed by atoms with van der Waals surface area (Å²) in [6.07, 6.45) is 1.05. The number of nitrogens with one attached hydrogen (secondary N) is 1. The first-order valence-corrected chi connectivity index (χ1v) is 9.57. The molecule has 0 saturated heterocycles. The van der Waals surface area contributed by atoms with Gasteiger partial charge in [0.2, 0.25) is 15.9 Å². The van der Waals surface area contributed by atoms with Gasteiger partial charge >= 0.3 is 0 Å². The molecule has 24 heavy (non-hydrogen) atoms. The second kappa shape index (κ2) is 7.42. The summed E-state index contributed by atoms with van der Waals surface area (Å²) in [5, 5.41) is 3.07. The molecule has 0 aromatic heterocycles. The number of nitrogens with zero attached hydrogens (tertiary/aromatic N) is 1. The Kier molecular flexibility index (Phi) is 5.74. The minimum atomic E-state index is -3.62. The molecule has 0 aliphatic carbocycles. The summed E-state index contributed by atoms with van der Waals surface area (Å²) in [5.74, 6) is -0.523. The van der Waals surface area contributed by atoms with E-state index in [4.69, 9.17) is 23.2 Å². The first-order valence-electron chi connectivity index (χ1n) is 6.97. The minimum Gasteiger partial charge on any atom is -0.323 e. The zero-order chi connectivity index (χ0) is 17.9. The number of sulfonamides is 1. The topological polar surface area (TPSA) is 66.5 Å². The van der Waals surface area contributed by atoms with Gasteiger partial charge in [0, 0.05) is 0 Å². The third-order valence-corrected chi connectivity index (χ3v) is 5.19. The molecule has 5 nitrogen and oxygen atoms in total. The zero-order valence-electron chi connectivity index (χ0n) is 13.1. The summed E-state index contributed by atoms with van der Waals surface area (Å²) in [7, 11) is -3.62. The number of rotatable bonds is 5. The Morgan fingerprint density at radius 1 is 1.12 bits per heavy atom. The molecule has 0 spiro atoms. The molecule has 0 aliphatic rings. The molecule has 0 fully saturated rings. The fourth-order valence-electron chi connectivity index (χ4n) is 2.03. The molecule has 0 unspecified atom stereocenters. The van der Waals surface area contributed by atoms with Gasteiger partial charge in [0.15, 0.2) is 0 Å². The lowest BCUT2D eigenvalue weighted by Crippen LogP contribution is -2.37. The van der Waals surface area contributed by atoms with Crippen molar-refractivity contribution in [2.45, 2.75) is 6.92 Å². The molecule has 0 bridgehead atoms. The van der Waals surface area contributed by atoms with Crippen molar-refractivity contribution in [2.75, 3.05) is 22.4 Å². The fraction of sp³-hybridized carbons (Fsp3) is 0.188. The van der Waals surface area contributed by atoms with Crippen LogP contribution in [0, 0.1) is 6.92 Å². The molecule has 0 radical (unpaired) electrons. The number of carbonyl (C=O) groups is 1. The molecule has 128 valence electrons. The summed E-state index contributed by atoms with van der Waals surface area (Å²) in [5.41, 5.74) is 1.73. The van der Waals surface area contributed by atoms with Gasteiger partial charge in [-0.2, -0.15) is 0 Å². The highest BCUT2D eigenvalue weighted by molar-refractivity contribution is 7.92. The Bertz CT molecular complexity index is 852. The van der Waals surface area contributed by atoms with Crippen LogP contribution in [0.25, 0.3) is 0 Å². The molecule has 1 N–H and O–H groups in total. The van der Waals surface area contributed by atoms with E-state index in [2.05, 4.69) is 5.32 Å². The van der Waals surface area contributed by atoms with Crippen LogP contribution in [0.4, 0.5) is 11.4 Å². The lowest BCUT2D eigenvalue weighted by Gasteiger charge is -2.22. The highest BCUT2D eigenvalue weighted by atomic mass is 35.5. The van der Waals surface area contributed by atoms with E-state index in [1.54, 1.807) is 42.5 Å². The van der Waals surface area contributed by atoms with Crippen molar-refractivity contribution in [1.82, 2.24) is 0 Å². The third-order valence-electron chi connectivity index (χ3n) is 3.24. The monoisotopic (exact) mass is 386 g/mol. The lowest BCUT2D eigenvalue weighted by molar-refractivity contribution is -0.114. The summed E-state index contributed by atoms with van der Waals surface area (Å²) in [6.45, 7) is 1.52. The first-order chi connectivity index (χ1) is 11.2. The van der Waals surface area contributed by atoms with Crippen LogP contribution in [0.2, 0.25) is 10.0 Å². The minimum absolute atomic E-state index is 0.203. The molecule has 0 heterocycles. The third kappa shape index (κ3) is 4.63. The molecule has 0 aliphatic heterocycles. The van der Waals surface area contributed by atoms with E-state index >= 15 is 0 Å². The fourth-order valence-corrected chi connectivity index (χ4v) is 3.24. The van der Waals surface area contributed by atoms with Crippen LogP contribution in [0.3, 0.4) is 0 Å². The lowest BCUT2D eigenvalue weighted by atomic mass is 10.2. The molecule has 1 amide bonds. The van der Waals surface area contributed by atoms with Crippen LogP contribution in [0.5, 0.6) is 0 Å². The Balaban J connectivity index is 2.22. The van der Waals surface area contributed by atoms with Gasteiger partial charge in [-0.3, -0.25) is 9.10 Å². The van der Waals surface area contributed by atoms with Crippen molar-refractivity contribution in [2.24, 2.45) is 0 Å². The number of anilines is 2. The first kappa shape index (κ1) is 18.6. The van der Waals surface area contributed by atoms with Crippen molar-refractivity contribution >= 4 is 50.5 Å². The number of hydrogen-bond donors (Lipinski definition) is 1. The second-order valence-corrected chi connectivity index (χ2v) is 7.95. The van der Waals surface area contributed by atoms with Gasteiger partial charge in [-0.1, -0.05) is 47.0 Å². The van der Waals surface area contributed by atoms with E-state index in [-0.39, 0.29) is 11.6 Å². The van der Waals surface area contributed by atoms with Gasteiger partial charge in [0.1, 0.15) is 6.54 Å². The SMILES string of the molecule is Cc1ccc(N(CC(=O)Nc2cccc(Cl)c2Cl)S(C)(=O)=O)cc1. The van der Waals surface area contributed by atoms with Crippen molar-refractivity contribution in [3.63, 3.8) is 0 Å². The van der Waals surface area contributed by atoms with Gasteiger partial charge in [0.05, 0.1) is 27.7 Å². The van der Waals surface area contributed by atoms with Gasteiger partial charge in [-0.15, -0.1) is 0 Å². The quantitative estimate of drug-likeness (QED) is 0.851. The highest BCUT2D eigenvalue weighted by Gasteiger charge is 2.21. The Hall–Kier alpha value is -1.76. The summed E-state index contributed by atoms with van der Waals surface area (Å²) < 4.78 is 25.1. The Labute approximate surface area is 151 Å². The van der Waals surface area contributed by atoms with Crippen molar-refractivity contribution in [1.29, 1.82) is 0 Å². The van der Waals surface area contributed by atoms with Crippen LogP contribution in [0.1, 0.15) is 5.56 Å². The van der Waals surface area contributed by atoms with Gasteiger partial charge in [0.25, 0.3) is 0 Å². The molecule has 2 aromatic carbocycles. The number of amides is 1. The van der Waals surface area contributed by atoms with E-state index in [0.717, 1.165) is 16.1 Å². The van der Waals surface area contributed by atoms with E-state index in [9.17, 15) is 13.2 Å². The van der Waals surface area contributed by atoms with Crippen LogP contribution < -0.4 is 9.62 Å². The maximum Gasteiger partial charge on any atom is 0.245 e. The maximum atomic E-state index is 12.3. The zero-order valence-corrected chi connectivity index (χ0v) is 15.4. The molecular formula is C16H16Cl2N2O3S. The molecule has 2 aromatic rings. The predicted octanol–water partition coefficient (Wildman–Crippen LogP) is 3.71. The number of halogens is 2. The van der Waals surface area contributed by atoms with E-state index < -0.39 is 15.9 Å². The smallest absolute Gasteiger partial charge is 0.245 e. The van der Waals surface area contributed by atoms with Crippen LogP contribution in [-0.4, -0.2) is 27.1 Å². The number of aryl methyl sites for hydroxylation is 1. The van der Waals surface area contributed by atoms with E-state index in [1.165, 1.54) is 0 Å². The summed E-state index contributed by atoms with van der Waals surface area (Å²) in [4.78, 5) is 12.3. The predicted molar refractivity (Wildman–Crippen MR) is 98.5 cm³/mol. The number of benzene rings is 2. The Morgan fingerprint density at radius 3 is 2.33 bits per heavy atom.